The largest absolute Gasteiger partial charge is 0.495 e. The molecule has 2 heterocycles. The summed E-state index contributed by atoms with van der Waals surface area (Å²) in [7, 11) is 1.55. The van der Waals surface area contributed by atoms with Crippen molar-refractivity contribution in [3.63, 3.8) is 0 Å². The number of hydrogen-bond acceptors (Lipinski definition) is 8. The fourth-order valence-electron chi connectivity index (χ4n) is 3.61. The maximum absolute atomic E-state index is 12.4. The topological polar surface area (TPSA) is 112 Å². The summed E-state index contributed by atoms with van der Waals surface area (Å²) in [6, 6.07) is 5.81. The number of nitrogens with one attached hydrogen (secondary N) is 2. The number of carbonyl (C=O) groups is 1. The van der Waals surface area contributed by atoms with Crippen LogP contribution in [-0.4, -0.2) is 73.3 Å². The average Bonchev–Trinajstić information content (AvgIpc) is 2.81. The summed E-state index contributed by atoms with van der Waals surface area (Å²) in [5.41, 5.74) is 2.10. The number of ether oxygens (including phenoxy) is 2. The van der Waals surface area contributed by atoms with Crippen molar-refractivity contribution in [3.05, 3.63) is 46.5 Å². The van der Waals surface area contributed by atoms with Gasteiger partial charge in [-0.2, -0.15) is 5.26 Å². The SMILES string of the molecule is COc1cc(CCN[C@@H](C)CN2CCOCC2)c(Cl)cc1NC(=O)Cc1cnc(C#N)cn1. The molecule has 1 amide bonds. The second-order valence-corrected chi connectivity index (χ2v) is 8.30. The van der Waals surface area contributed by atoms with E-state index in [2.05, 4.69) is 32.4 Å². The summed E-state index contributed by atoms with van der Waals surface area (Å²) in [4.78, 5) is 22.8. The number of nitriles is 1. The zero-order valence-electron chi connectivity index (χ0n) is 18.9. The molecule has 176 valence electrons. The molecule has 0 radical (unpaired) electrons. The van der Waals surface area contributed by atoms with Gasteiger partial charge in [-0.1, -0.05) is 11.6 Å². The van der Waals surface area contributed by atoms with Gasteiger partial charge in [0.1, 0.15) is 11.8 Å². The molecule has 2 aromatic rings. The predicted octanol–water partition coefficient (Wildman–Crippen LogP) is 2.04. The maximum atomic E-state index is 12.4. The molecule has 9 nitrogen and oxygen atoms in total. The van der Waals surface area contributed by atoms with Crippen molar-refractivity contribution in [3.8, 4) is 11.8 Å². The van der Waals surface area contributed by atoms with Gasteiger partial charge in [0.05, 0.1) is 50.5 Å². The van der Waals surface area contributed by atoms with Crippen molar-refractivity contribution in [2.24, 2.45) is 0 Å². The van der Waals surface area contributed by atoms with Gasteiger partial charge in [0, 0.05) is 30.7 Å². The molecule has 1 aromatic carbocycles. The van der Waals surface area contributed by atoms with Crippen LogP contribution in [-0.2, 0) is 22.4 Å². The molecule has 10 heteroatoms. The van der Waals surface area contributed by atoms with Crippen LogP contribution in [0.3, 0.4) is 0 Å². The molecular formula is C23H29ClN6O3. The predicted molar refractivity (Wildman–Crippen MR) is 126 cm³/mol. The quantitative estimate of drug-likeness (QED) is 0.540. The number of methoxy groups -OCH3 is 1. The van der Waals surface area contributed by atoms with Gasteiger partial charge in [0.25, 0.3) is 0 Å². The first-order chi connectivity index (χ1) is 16.0. The number of nitrogens with zero attached hydrogens (tertiary/aromatic N) is 4. The van der Waals surface area contributed by atoms with Gasteiger partial charge >= 0.3 is 0 Å². The number of hydrogen-bond donors (Lipinski definition) is 2. The van der Waals surface area contributed by atoms with Crippen LogP contribution in [0.4, 0.5) is 5.69 Å². The van der Waals surface area contributed by atoms with E-state index in [4.69, 9.17) is 26.3 Å². The fraction of sp³-hybridized carbons (Fsp3) is 0.478. The van der Waals surface area contributed by atoms with Crippen LogP contribution < -0.4 is 15.4 Å². The van der Waals surface area contributed by atoms with Crippen molar-refractivity contribution in [1.29, 1.82) is 5.26 Å². The Morgan fingerprint density at radius 1 is 1.33 bits per heavy atom. The van der Waals surface area contributed by atoms with E-state index < -0.39 is 0 Å². The van der Waals surface area contributed by atoms with Crippen LogP contribution >= 0.6 is 11.6 Å². The monoisotopic (exact) mass is 472 g/mol. The van der Waals surface area contributed by atoms with E-state index in [-0.39, 0.29) is 18.0 Å². The molecule has 1 aliphatic heterocycles. The summed E-state index contributed by atoms with van der Waals surface area (Å²) in [6.45, 7) is 7.47. The van der Waals surface area contributed by atoms with Crippen LogP contribution in [0, 0.1) is 11.3 Å². The van der Waals surface area contributed by atoms with Gasteiger partial charge < -0.3 is 20.1 Å². The number of carbonyl (C=O) groups excluding carboxylic acids is 1. The molecule has 0 saturated carbocycles. The normalized spacial score (nSPS) is 15.0. The van der Waals surface area contributed by atoms with E-state index >= 15 is 0 Å². The molecule has 1 aliphatic rings. The number of rotatable bonds is 10. The third-order valence-corrected chi connectivity index (χ3v) is 5.68. The third-order valence-electron chi connectivity index (χ3n) is 5.33. The number of morpholine rings is 1. The van der Waals surface area contributed by atoms with Gasteiger partial charge in [0.15, 0.2) is 5.69 Å². The minimum Gasteiger partial charge on any atom is -0.495 e. The lowest BCUT2D eigenvalue weighted by Crippen LogP contribution is -2.44. The van der Waals surface area contributed by atoms with Crippen LogP contribution in [0.5, 0.6) is 5.75 Å². The molecule has 1 aromatic heterocycles. The van der Waals surface area contributed by atoms with E-state index in [1.165, 1.54) is 12.4 Å². The van der Waals surface area contributed by atoms with E-state index in [0.29, 0.717) is 28.2 Å². The molecule has 0 bridgehead atoms. The number of benzene rings is 1. The van der Waals surface area contributed by atoms with Gasteiger partial charge in [-0.15, -0.1) is 0 Å². The Labute approximate surface area is 199 Å². The summed E-state index contributed by atoms with van der Waals surface area (Å²) >= 11 is 6.50. The molecule has 0 aliphatic carbocycles. The standard InChI is InChI=1S/C23H29ClN6O3/c1-16(15-30-5-7-33-8-6-30)26-4-3-17-9-22(32-2)21(11-20(17)24)29-23(31)10-18-13-28-19(12-25)14-27-18/h9,11,13-14,16,26H,3-8,10,15H2,1-2H3,(H,29,31)/t16-/m0/s1. The molecule has 3 rings (SSSR count). The average molecular weight is 473 g/mol. The Morgan fingerprint density at radius 2 is 2.12 bits per heavy atom. The molecule has 0 spiro atoms. The molecular weight excluding hydrogens is 444 g/mol. The van der Waals surface area contributed by atoms with Crippen molar-refractivity contribution in [2.45, 2.75) is 25.8 Å². The van der Waals surface area contributed by atoms with Crippen molar-refractivity contribution < 1.29 is 14.3 Å². The Kier molecular flexibility index (Phi) is 9.39. The lowest BCUT2D eigenvalue weighted by molar-refractivity contribution is -0.115. The van der Waals surface area contributed by atoms with Gasteiger partial charge in [0.2, 0.25) is 5.91 Å². The highest BCUT2D eigenvalue weighted by Gasteiger charge is 2.15. The van der Waals surface area contributed by atoms with E-state index in [9.17, 15) is 4.79 Å². The summed E-state index contributed by atoms with van der Waals surface area (Å²) in [5.74, 6) is 0.254. The Morgan fingerprint density at radius 3 is 2.79 bits per heavy atom. The number of anilines is 1. The number of aromatic nitrogens is 2. The highest BCUT2D eigenvalue weighted by Crippen LogP contribution is 2.31. The highest BCUT2D eigenvalue weighted by atomic mass is 35.5. The lowest BCUT2D eigenvalue weighted by atomic mass is 10.1. The van der Waals surface area contributed by atoms with Crippen LogP contribution in [0.2, 0.25) is 5.02 Å². The van der Waals surface area contributed by atoms with E-state index in [1.54, 1.807) is 13.2 Å². The minimum atomic E-state index is -0.283. The van der Waals surface area contributed by atoms with Crippen molar-refractivity contribution in [2.75, 3.05) is 51.8 Å². The maximum Gasteiger partial charge on any atom is 0.230 e. The van der Waals surface area contributed by atoms with Gasteiger partial charge in [-0.3, -0.25) is 14.7 Å². The van der Waals surface area contributed by atoms with Crippen molar-refractivity contribution in [1.82, 2.24) is 20.2 Å². The zero-order chi connectivity index (χ0) is 23.6. The zero-order valence-corrected chi connectivity index (χ0v) is 19.7. The first-order valence-electron chi connectivity index (χ1n) is 10.9. The summed E-state index contributed by atoms with van der Waals surface area (Å²) in [5, 5.41) is 15.7. The molecule has 0 unspecified atom stereocenters. The van der Waals surface area contributed by atoms with Crippen molar-refractivity contribution >= 4 is 23.2 Å². The Bertz CT molecular complexity index is 973. The number of amides is 1. The molecule has 1 atom stereocenters. The summed E-state index contributed by atoms with van der Waals surface area (Å²) < 4.78 is 10.9. The molecule has 2 N–H and O–H groups in total. The van der Waals surface area contributed by atoms with Crippen LogP contribution in [0.25, 0.3) is 0 Å². The Hall–Kier alpha value is -2.77. The second kappa shape index (κ2) is 12.5. The molecule has 1 fully saturated rings. The van der Waals surface area contributed by atoms with Crippen LogP contribution in [0.1, 0.15) is 23.9 Å². The first kappa shape index (κ1) is 24.9. The van der Waals surface area contributed by atoms with Gasteiger partial charge in [-0.25, -0.2) is 4.98 Å². The fourth-order valence-corrected chi connectivity index (χ4v) is 3.86. The Balaban J connectivity index is 1.53. The minimum absolute atomic E-state index is 0.0200. The first-order valence-corrected chi connectivity index (χ1v) is 11.3. The molecule has 1 saturated heterocycles. The second-order valence-electron chi connectivity index (χ2n) is 7.89. The highest BCUT2D eigenvalue weighted by molar-refractivity contribution is 6.31. The summed E-state index contributed by atoms with van der Waals surface area (Å²) in [6.07, 6.45) is 3.51. The van der Waals surface area contributed by atoms with E-state index in [1.807, 2.05) is 12.1 Å². The lowest BCUT2D eigenvalue weighted by Gasteiger charge is -2.29. The van der Waals surface area contributed by atoms with Crippen LogP contribution in [0.15, 0.2) is 24.5 Å². The van der Waals surface area contributed by atoms with E-state index in [0.717, 1.165) is 51.4 Å². The number of halogens is 1. The molecule has 33 heavy (non-hydrogen) atoms. The third kappa shape index (κ3) is 7.65. The smallest absolute Gasteiger partial charge is 0.230 e. The van der Waals surface area contributed by atoms with Gasteiger partial charge in [-0.05, 0) is 37.6 Å².